The summed E-state index contributed by atoms with van der Waals surface area (Å²) in [4.78, 5) is 29.0. The van der Waals surface area contributed by atoms with Crippen LogP contribution in [0.15, 0.2) is 18.2 Å². The van der Waals surface area contributed by atoms with E-state index >= 15 is 0 Å². The maximum atomic E-state index is 14.2. The first-order chi connectivity index (χ1) is 19.2. The van der Waals surface area contributed by atoms with Gasteiger partial charge in [-0.15, -0.1) is 0 Å². The number of likely N-dealkylation sites (tertiary alicyclic amines) is 1. The molecular formula is C33H53NO7. The monoisotopic (exact) mass is 575 g/mol. The van der Waals surface area contributed by atoms with Crippen molar-refractivity contribution in [1.82, 2.24) is 4.90 Å². The Morgan fingerprint density at radius 2 is 1.71 bits per heavy atom. The minimum Gasteiger partial charge on any atom is -0.493 e. The molecule has 0 spiro atoms. The summed E-state index contributed by atoms with van der Waals surface area (Å²) in [7, 11) is 3.30. The van der Waals surface area contributed by atoms with Crippen molar-refractivity contribution in [2.45, 2.75) is 105 Å². The number of carbonyl (C=O) groups is 2. The predicted molar refractivity (Wildman–Crippen MR) is 159 cm³/mol. The molecule has 232 valence electrons. The molecule has 0 aliphatic carbocycles. The molecule has 1 amide bonds. The molecule has 2 saturated heterocycles. The summed E-state index contributed by atoms with van der Waals surface area (Å²) in [6, 6.07) is 5.30. The molecule has 8 nitrogen and oxygen atoms in total. The van der Waals surface area contributed by atoms with Crippen LogP contribution in [0.3, 0.4) is 0 Å². The van der Waals surface area contributed by atoms with Gasteiger partial charge in [0.15, 0.2) is 11.5 Å². The number of ether oxygens (including phenoxy) is 5. The fourth-order valence-electron chi connectivity index (χ4n) is 6.90. The number of amides is 1. The molecule has 2 fully saturated rings. The molecule has 0 saturated carbocycles. The SMILES string of the molecule is COCCCOc1cc([C@H]2N(C(=O)OC(C)(C)C)[C@H]([C@@H]3C[C@@H](C(C)C)C(=O)O3)CC2(C(C)C)C(C)C)ccc1OC. The Kier molecular flexibility index (Phi) is 10.7. The normalized spacial score (nSPS) is 24.3. The van der Waals surface area contributed by atoms with Gasteiger partial charge in [0.2, 0.25) is 0 Å². The maximum Gasteiger partial charge on any atom is 0.411 e. The average molecular weight is 576 g/mol. The van der Waals surface area contributed by atoms with Crippen molar-refractivity contribution in [3.8, 4) is 11.5 Å². The quantitative estimate of drug-likeness (QED) is 0.207. The molecule has 0 N–H and O–H groups in total. The largest absolute Gasteiger partial charge is 0.493 e. The average Bonchev–Trinajstić information content (AvgIpc) is 3.45. The van der Waals surface area contributed by atoms with Crippen LogP contribution in [0.5, 0.6) is 11.5 Å². The van der Waals surface area contributed by atoms with Crippen molar-refractivity contribution in [2.75, 3.05) is 27.4 Å². The Morgan fingerprint density at radius 1 is 1.05 bits per heavy atom. The number of cyclic esters (lactones) is 1. The molecule has 2 heterocycles. The highest BCUT2D eigenvalue weighted by molar-refractivity contribution is 5.76. The highest BCUT2D eigenvalue weighted by Crippen LogP contribution is 2.60. The van der Waals surface area contributed by atoms with E-state index in [0.717, 1.165) is 12.0 Å². The summed E-state index contributed by atoms with van der Waals surface area (Å²) < 4.78 is 29.1. The summed E-state index contributed by atoms with van der Waals surface area (Å²) in [5, 5.41) is 0. The first kappa shape index (κ1) is 33.0. The van der Waals surface area contributed by atoms with Gasteiger partial charge in [-0.05, 0) is 69.1 Å². The van der Waals surface area contributed by atoms with E-state index in [1.165, 1.54) is 0 Å². The van der Waals surface area contributed by atoms with Crippen molar-refractivity contribution < 1.29 is 33.3 Å². The highest BCUT2D eigenvalue weighted by atomic mass is 16.6. The van der Waals surface area contributed by atoms with E-state index in [4.69, 9.17) is 23.7 Å². The molecule has 4 atom stereocenters. The van der Waals surface area contributed by atoms with Gasteiger partial charge in [0.05, 0.1) is 31.7 Å². The maximum absolute atomic E-state index is 14.2. The predicted octanol–water partition coefficient (Wildman–Crippen LogP) is 7.05. The van der Waals surface area contributed by atoms with E-state index in [2.05, 4.69) is 41.5 Å². The van der Waals surface area contributed by atoms with Crippen LogP contribution in [0.1, 0.15) is 93.2 Å². The lowest BCUT2D eigenvalue weighted by atomic mass is 9.62. The Bertz CT molecular complexity index is 1040. The van der Waals surface area contributed by atoms with E-state index in [9.17, 15) is 9.59 Å². The van der Waals surface area contributed by atoms with Gasteiger partial charge >= 0.3 is 12.1 Å². The second-order valence-electron chi connectivity index (χ2n) is 13.7. The molecule has 1 aromatic carbocycles. The van der Waals surface area contributed by atoms with Crippen LogP contribution in [-0.4, -0.2) is 62.1 Å². The van der Waals surface area contributed by atoms with Crippen LogP contribution in [0, 0.1) is 29.1 Å². The smallest absolute Gasteiger partial charge is 0.411 e. The van der Waals surface area contributed by atoms with Gasteiger partial charge in [0.1, 0.15) is 11.7 Å². The van der Waals surface area contributed by atoms with Gasteiger partial charge in [-0.1, -0.05) is 47.6 Å². The molecule has 3 rings (SSSR count). The van der Waals surface area contributed by atoms with Gasteiger partial charge < -0.3 is 23.7 Å². The van der Waals surface area contributed by atoms with E-state index in [1.807, 2.05) is 43.9 Å². The van der Waals surface area contributed by atoms with Crippen LogP contribution in [0.25, 0.3) is 0 Å². The Balaban J connectivity index is 2.18. The van der Waals surface area contributed by atoms with E-state index in [0.29, 0.717) is 37.6 Å². The molecule has 2 aliphatic heterocycles. The molecule has 8 heteroatoms. The number of esters is 1. The number of hydrogen-bond acceptors (Lipinski definition) is 7. The molecule has 2 aliphatic rings. The zero-order valence-electron chi connectivity index (χ0n) is 27.1. The van der Waals surface area contributed by atoms with Gasteiger partial charge in [0.25, 0.3) is 0 Å². The van der Waals surface area contributed by atoms with Crippen LogP contribution in [0.2, 0.25) is 0 Å². The third-order valence-electron chi connectivity index (χ3n) is 9.01. The highest BCUT2D eigenvalue weighted by Gasteiger charge is 2.61. The second kappa shape index (κ2) is 13.2. The zero-order valence-corrected chi connectivity index (χ0v) is 27.1. The summed E-state index contributed by atoms with van der Waals surface area (Å²) in [5.74, 6) is 1.51. The van der Waals surface area contributed by atoms with Crippen molar-refractivity contribution in [1.29, 1.82) is 0 Å². The van der Waals surface area contributed by atoms with Crippen molar-refractivity contribution >= 4 is 12.1 Å². The molecular weight excluding hydrogens is 522 g/mol. The Morgan fingerprint density at radius 3 is 2.22 bits per heavy atom. The molecule has 41 heavy (non-hydrogen) atoms. The van der Waals surface area contributed by atoms with Gasteiger partial charge in [-0.25, -0.2) is 4.79 Å². The fraction of sp³-hybridized carbons (Fsp3) is 0.758. The fourth-order valence-corrected chi connectivity index (χ4v) is 6.90. The first-order valence-electron chi connectivity index (χ1n) is 15.2. The van der Waals surface area contributed by atoms with Crippen molar-refractivity contribution in [2.24, 2.45) is 29.1 Å². The molecule has 0 bridgehead atoms. The zero-order chi connectivity index (χ0) is 30.7. The number of nitrogens with zero attached hydrogens (tertiary/aromatic N) is 1. The van der Waals surface area contributed by atoms with Crippen molar-refractivity contribution in [3.63, 3.8) is 0 Å². The minimum atomic E-state index is -0.685. The van der Waals surface area contributed by atoms with Crippen LogP contribution in [0.4, 0.5) is 4.79 Å². The van der Waals surface area contributed by atoms with Gasteiger partial charge in [0, 0.05) is 25.6 Å². The summed E-state index contributed by atoms with van der Waals surface area (Å²) in [6.07, 6.45) is 1.25. The summed E-state index contributed by atoms with van der Waals surface area (Å²) >= 11 is 0. The third kappa shape index (κ3) is 6.95. The minimum absolute atomic E-state index is 0.166. The van der Waals surface area contributed by atoms with E-state index in [-0.39, 0.29) is 47.1 Å². The van der Waals surface area contributed by atoms with E-state index in [1.54, 1.807) is 14.2 Å². The summed E-state index contributed by atoms with van der Waals surface area (Å²) in [5.41, 5.74) is -0.0469. The third-order valence-corrected chi connectivity index (χ3v) is 9.01. The topological polar surface area (TPSA) is 83.5 Å². The lowest BCUT2D eigenvalue weighted by molar-refractivity contribution is -0.147. The number of rotatable bonds is 11. The van der Waals surface area contributed by atoms with Crippen LogP contribution in [-0.2, 0) is 19.0 Å². The summed E-state index contributed by atoms with van der Waals surface area (Å²) in [6.45, 7) is 19.7. The van der Waals surface area contributed by atoms with Crippen LogP contribution >= 0.6 is 0 Å². The number of benzene rings is 1. The van der Waals surface area contributed by atoms with Crippen LogP contribution < -0.4 is 9.47 Å². The lowest BCUT2D eigenvalue weighted by Gasteiger charge is -2.45. The second-order valence-corrected chi connectivity index (χ2v) is 13.7. The van der Waals surface area contributed by atoms with Gasteiger partial charge in [-0.2, -0.15) is 0 Å². The Hall–Kier alpha value is -2.48. The van der Waals surface area contributed by atoms with E-state index < -0.39 is 17.8 Å². The molecule has 0 aromatic heterocycles. The standard InChI is InChI=1S/C33H53NO7/c1-20(2)24-18-27(40-30(24)35)25-19-33(21(3)4,22(5)6)29(34(25)31(36)41-32(7,8)9)23-13-14-26(38-11)28(17-23)39-16-12-15-37-10/h13-14,17,20-22,24-25,27,29H,12,15-16,18-19H2,1-11H3/t24-,25-,27-,29+/m0/s1. The van der Waals surface area contributed by atoms with Gasteiger partial charge in [-0.3, -0.25) is 9.69 Å². The number of methoxy groups -OCH3 is 2. The molecule has 0 unspecified atom stereocenters. The number of carbonyl (C=O) groups excluding carboxylic acids is 2. The number of hydrogen-bond donors (Lipinski definition) is 0. The Labute approximate surface area is 247 Å². The molecule has 0 radical (unpaired) electrons. The molecule has 1 aromatic rings. The van der Waals surface area contributed by atoms with Crippen molar-refractivity contribution in [3.05, 3.63) is 23.8 Å². The first-order valence-corrected chi connectivity index (χ1v) is 15.2. The lowest BCUT2D eigenvalue weighted by Crippen LogP contribution is -2.47.